The number of hydrogen-bond donors (Lipinski definition) is 2. The second-order valence-corrected chi connectivity index (χ2v) is 3.20. The lowest BCUT2D eigenvalue weighted by atomic mass is 10.4. The lowest BCUT2D eigenvalue weighted by molar-refractivity contribution is -0.141. The summed E-state index contributed by atoms with van der Waals surface area (Å²) in [6.45, 7) is 1.78. The van der Waals surface area contributed by atoms with Crippen LogP contribution in [0.2, 0.25) is 0 Å². The maximum atomic E-state index is 11.4. The van der Waals surface area contributed by atoms with Gasteiger partial charge in [0.25, 0.3) is 5.91 Å². The van der Waals surface area contributed by atoms with Crippen LogP contribution in [0.5, 0.6) is 0 Å². The van der Waals surface area contributed by atoms with Crippen LogP contribution in [0.25, 0.3) is 0 Å². The van der Waals surface area contributed by atoms with Crippen LogP contribution in [-0.4, -0.2) is 40.4 Å². The first-order valence-corrected chi connectivity index (χ1v) is 4.94. The van der Waals surface area contributed by atoms with Gasteiger partial charge in [0.05, 0.1) is 6.61 Å². The van der Waals surface area contributed by atoms with Crippen molar-refractivity contribution in [3.05, 3.63) is 10.3 Å². The van der Waals surface area contributed by atoms with E-state index in [2.05, 4.69) is 41.4 Å². The van der Waals surface area contributed by atoms with Gasteiger partial charge in [-0.1, -0.05) is 0 Å². The normalized spacial score (nSPS) is 9.73. The van der Waals surface area contributed by atoms with Crippen molar-refractivity contribution in [2.24, 2.45) is 0 Å². The molecule has 1 aromatic heterocycles. The Hall–Kier alpha value is -1.44. The first-order chi connectivity index (χ1) is 7.15. The van der Waals surface area contributed by atoms with E-state index in [0.29, 0.717) is 4.60 Å². The molecule has 0 aliphatic heterocycles. The van der Waals surface area contributed by atoms with Crippen molar-refractivity contribution >= 4 is 27.8 Å². The molecule has 82 valence electrons. The Morgan fingerprint density at radius 2 is 2.27 bits per heavy atom. The molecule has 0 aliphatic rings. The summed E-state index contributed by atoms with van der Waals surface area (Å²) in [5, 5.41) is 11.8. The molecule has 7 nitrogen and oxygen atoms in total. The van der Waals surface area contributed by atoms with E-state index in [4.69, 9.17) is 0 Å². The minimum Gasteiger partial charge on any atom is -0.465 e. The molecule has 2 N–H and O–H groups in total. The molecule has 0 saturated heterocycles. The molecule has 0 spiro atoms. The molecular weight excluding hydrogens is 268 g/mol. The Kier molecular flexibility index (Phi) is 4.22. The van der Waals surface area contributed by atoms with Crippen molar-refractivity contribution < 1.29 is 14.3 Å². The van der Waals surface area contributed by atoms with Crippen LogP contribution in [0.15, 0.2) is 4.60 Å². The summed E-state index contributed by atoms with van der Waals surface area (Å²) in [6, 6.07) is 0. The number of aromatic amines is 1. The van der Waals surface area contributed by atoms with Gasteiger partial charge < -0.3 is 10.1 Å². The predicted octanol–water partition coefficient (Wildman–Crippen LogP) is -0.140. The van der Waals surface area contributed by atoms with Gasteiger partial charge in [-0.2, -0.15) is 5.21 Å². The largest absolute Gasteiger partial charge is 0.465 e. The van der Waals surface area contributed by atoms with Crippen molar-refractivity contribution in [3.8, 4) is 0 Å². The van der Waals surface area contributed by atoms with Gasteiger partial charge in [-0.15, -0.1) is 10.2 Å². The second-order valence-electron chi connectivity index (χ2n) is 2.45. The Morgan fingerprint density at radius 3 is 2.80 bits per heavy atom. The second kappa shape index (κ2) is 5.44. The molecule has 0 bridgehead atoms. The maximum absolute atomic E-state index is 11.4. The molecule has 1 rings (SSSR count). The van der Waals surface area contributed by atoms with Crippen molar-refractivity contribution in [1.29, 1.82) is 0 Å². The highest BCUT2D eigenvalue weighted by atomic mass is 79.9. The summed E-state index contributed by atoms with van der Waals surface area (Å²) >= 11 is 3.02. The van der Waals surface area contributed by atoms with Crippen LogP contribution >= 0.6 is 15.9 Å². The average Bonchev–Trinajstić information content (AvgIpc) is 2.61. The highest BCUT2D eigenvalue weighted by Crippen LogP contribution is 2.08. The van der Waals surface area contributed by atoms with Crippen molar-refractivity contribution in [3.63, 3.8) is 0 Å². The topological polar surface area (TPSA) is 97.0 Å². The molecule has 0 atom stereocenters. The molecule has 1 amide bonds. The van der Waals surface area contributed by atoms with Crippen LogP contribution in [0.4, 0.5) is 0 Å². The summed E-state index contributed by atoms with van der Waals surface area (Å²) < 4.78 is 4.93. The summed E-state index contributed by atoms with van der Waals surface area (Å²) in [6.07, 6.45) is 0. The number of rotatable bonds is 4. The van der Waals surface area contributed by atoms with Gasteiger partial charge in [-0.05, 0) is 22.9 Å². The van der Waals surface area contributed by atoms with E-state index in [1.165, 1.54) is 0 Å². The standard InChI is InChI=1S/C7H9BrN4O3/c1-2-15-4(13)3-9-7(14)5-6(8)11-12-10-5/h2-3H2,1H3,(H,9,14)(H,10,11,12). The first kappa shape index (κ1) is 11.6. The molecule has 0 aromatic carbocycles. The molecule has 8 heteroatoms. The zero-order valence-electron chi connectivity index (χ0n) is 7.91. The van der Waals surface area contributed by atoms with Crippen LogP contribution in [0.3, 0.4) is 0 Å². The van der Waals surface area contributed by atoms with Gasteiger partial charge in [0.2, 0.25) is 0 Å². The van der Waals surface area contributed by atoms with Gasteiger partial charge in [0.1, 0.15) is 6.54 Å². The zero-order chi connectivity index (χ0) is 11.3. The maximum Gasteiger partial charge on any atom is 0.325 e. The van der Waals surface area contributed by atoms with Crippen molar-refractivity contribution in [2.45, 2.75) is 6.92 Å². The molecule has 0 saturated carbocycles. The van der Waals surface area contributed by atoms with Gasteiger partial charge >= 0.3 is 5.97 Å². The molecule has 15 heavy (non-hydrogen) atoms. The fraction of sp³-hybridized carbons (Fsp3) is 0.429. The number of esters is 1. The summed E-state index contributed by atoms with van der Waals surface area (Å²) in [5.41, 5.74) is 0.0966. The minimum atomic E-state index is -0.497. The van der Waals surface area contributed by atoms with Gasteiger partial charge in [-0.25, -0.2) is 0 Å². The Labute approximate surface area is 93.7 Å². The molecule has 0 fully saturated rings. The molecule has 0 aliphatic carbocycles. The fourth-order valence-corrected chi connectivity index (χ4v) is 1.16. The number of nitrogens with one attached hydrogen (secondary N) is 2. The zero-order valence-corrected chi connectivity index (χ0v) is 9.50. The van der Waals surface area contributed by atoms with E-state index < -0.39 is 11.9 Å². The third kappa shape index (κ3) is 3.31. The van der Waals surface area contributed by atoms with E-state index in [9.17, 15) is 9.59 Å². The van der Waals surface area contributed by atoms with Crippen LogP contribution in [0.1, 0.15) is 17.4 Å². The number of H-pyrrole nitrogens is 1. The molecule has 1 aromatic rings. The Morgan fingerprint density at radius 1 is 1.53 bits per heavy atom. The SMILES string of the molecule is CCOC(=O)CNC(=O)c1n[nH]nc1Br. The number of nitrogens with zero attached hydrogens (tertiary/aromatic N) is 2. The van der Waals surface area contributed by atoms with E-state index in [-0.39, 0.29) is 18.8 Å². The molecule has 0 radical (unpaired) electrons. The molecular formula is C7H9BrN4O3. The van der Waals surface area contributed by atoms with Crippen LogP contribution < -0.4 is 5.32 Å². The predicted molar refractivity (Wildman–Crippen MR) is 53.0 cm³/mol. The highest BCUT2D eigenvalue weighted by Gasteiger charge is 2.15. The fourth-order valence-electron chi connectivity index (χ4n) is 0.811. The lowest BCUT2D eigenvalue weighted by Crippen LogP contribution is -2.31. The van der Waals surface area contributed by atoms with E-state index in [1.807, 2.05) is 0 Å². The Balaban J connectivity index is 2.44. The number of halogens is 1. The van der Waals surface area contributed by atoms with E-state index >= 15 is 0 Å². The third-order valence-electron chi connectivity index (χ3n) is 1.42. The Bertz CT molecular complexity index is 365. The number of ether oxygens (including phenoxy) is 1. The number of amides is 1. The van der Waals surface area contributed by atoms with Crippen LogP contribution in [0, 0.1) is 0 Å². The van der Waals surface area contributed by atoms with Gasteiger partial charge in [0, 0.05) is 0 Å². The quantitative estimate of drug-likeness (QED) is 0.746. The molecule has 1 heterocycles. The third-order valence-corrected chi connectivity index (χ3v) is 1.97. The van der Waals surface area contributed by atoms with Crippen molar-refractivity contribution in [1.82, 2.24) is 20.7 Å². The van der Waals surface area contributed by atoms with Gasteiger partial charge in [0.15, 0.2) is 10.3 Å². The van der Waals surface area contributed by atoms with Crippen molar-refractivity contribution in [2.75, 3.05) is 13.2 Å². The van der Waals surface area contributed by atoms with E-state index in [1.54, 1.807) is 6.92 Å². The highest BCUT2D eigenvalue weighted by molar-refractivity contribution is 9.10. The van der Waals surface area contributed by atoms with E-state index in [0.717, 1.165) is 0 Å². The average molecular weight is 277 g/mol. The number of carbonyl (C=O) groups is 2. The smallest absolute Gasteiger partial charge is 0.325 e. The van der Waals surface area contributed by atoms with Crippen LogP contribution in [-0.2, 0) is 9.53 Å². The number of carbonyl (C=O) groups excluding carboxylic acids is 2. The first-order valence-electron chi connectivity index (χ1n) is 4.15. The number of hydrogen-bond acceptors (Lipinski definition) is 5. The van der Waals surface area contributed by atoms with Gasteiger partial charge in [-0.3, -0.25) is 9.59 Å². The summed E-state index contributed by atoms with van der Waals surface area (Å²) in [4.78, 5) is 22.3. The lowest BCUT2D eigenvalue weighted by Gasteiger charge is -2.02. The summed E-state index contributed by atoms with van der Waals surface area (Å²) in [7, 11) is 0. The summed E-state index contributed by atoms with van der Waals surface area (Å²) in [5.74, 6) is -0.992. The number of aromatic nitrogens is 3. The minimum absolute atomic E-state index is 0.0966. The molecule has 0 unspecified atom stereocenters. The monoisotopic (exact) mass is 276 g/mol.